The van der Waals surface area contributed by atoms with E-state index in [9.17, 15) is 18.4 Å². The number of hydrogen-bond acceptors (Lipinski definition) is 4. The number of halogens is 2. The van der Waals surface area contributed by atoms with Crippen LogP contribution in [-0.2, 0) is 19.1 Å². The Labute approximate surface area is 91.9 Å². The van der Waals surface area contributed by atoms with E-state index in [0.717, 1.165) is 0 Å². The van der Waals surface area contributed by atoms with Crippen molar-refractivity contribution in [3.05, 3.63) is 0 Å². The van der Waals surface area contributed by atoms with Gasteiger partial charge < -0.3 is 9.47 Å². The third-order valence-corrected chi connectivity index (χ3v) is 2.40. The fraction of sp³-hybridized carbons (Fsp3) is 0.800. The SMILES string of the molecule is CCOC(=O)C(F)(F)C(=O)C(OC)C1CC1. The summed E-state index contributed by atoms with van der Waals surface area (Å²) >= 11 is 0. The van der Waals surface area contributed by atoms with Crippen molar-refractivity contribution < 1.29 is 27.8 Å². The van der Waals surface area contributed by atoms with Crippen molar-refractivity contribution in [1.29, 1.82) is 0 Å². The minimum atomic E-state index is -4.11. The Bertz CT molecular complexity index is 287. The number of Topliss-reactive ketones (excluding diaryl/α,β-unsaturated/α-hetero) is 1. The lowest BCUT2D eigenvalue weighted by Gasteiger charge is -2.19. The van der Waals surface area contributed by atoms with Crippen LogP contribution in [0.2, 0.25) is 0 Å². The van der Waals surface area contributed by atoms with Crippen LogP contribution < -0.4 is 0 Å². The average molecular weight is 236 g/mol. The number of alkyl halides is 2. The zero-order chi connectivity index (χ0) is 12.3. The Balaban J connectivity index is 2.72. The number of ether oxygens (including phenoxy) is 2. The van der Waals surface area contributed by atoms with E-state index in [4.69, 9.17) is 4.74 Å². The summed E-state index contributed by atoms with van der Waals surface area (Å²) in [6.45, 7) is 1.20. The zero-order valence-corrected chi connectivity index (χ0v) is 9.16. The molecule has 1 aliphatic carbocycles. The van der Waals surface area contributed by atoms with Gasteiger partial charge in [0, 0.05) is 7.11 Å². The van der Waals surface area contributed by atoms with Crippen molar-refractivity contribution in [2.24, 2.45) is 5.92 Å². The molecule has 92 valence electrons. The molecule has 16 heavy (non-hydrogen) atoms. The van der Waals surface area contributed by atoms with E-state index < -0.39 is 23.8 Å². The van der Waals surface area contributed by atoms with Crippen LogP contribution >= 0.6 is 0 Å². The van der Waals surface area contributed by atoms with Crippen molar-refractivity contribution in [3.63, 3.8) is 0 Å². The normalized spacial score (nSPS) is 18.0. The highest BCUT2D eigenvalue weighted by Gasteiger charge is 2.54. The molecule has 0 radical (unpaired) electrons. The molecule has 0 spiro atoms. The largest absolute Gasteiger partial charge is 0.461 e. The Morgan fingerprint density at radius 3 is 2.38 bits per heavy atom. The van der Waals surface area contributed by atoms with E-state index in [0.29, 0.717) is 12.8 Å². The van der Waals surface area contributed by atoms with Crippen LogP contribution in [0, 0.1) is 5.92 Å². The van der Waals surface area contributed by atoms with Crippen molar-refractivity contribution in [1.82, 2.24) is 0 Å². The molecule has 0 N–H and O–H groups in total. The minimum Gasteiger partial charge on any atom is -0.461 e. The molecule has 1 saturated carbocycles. The minimum absolute atomic E-state index is 0.192. The maximum absolute atomic E-state index is 13.3. The first kappa shape index (κ1) is 13.0. The molecule has 0 aromatic carbocycles. The number of rotatable bonds is 6. The molecule has 0 aromatic rings. The fourth-order valence-corrected chi connectivity index (χ4v) is 1.41. The monoisotopic (exact) mass is 236 g/mol. The number of esters is 1. The summed E-state index contributed by atoms with van der Waals surface area (Å²) in [6.07, 6.45) is 0.131. The molecule has 0 saturated heterocycles. The Kier molecular flexibility index (Phi) is 3.96. The van der Waals surface area contributed by atoms with Crippen LogP contribution in [0.15, 0.2) is 0 Å². The summed E-state index contributed by atoms with van der Waals surface area (Å²) in [7, 11) is 1.18. The highest BCUT2D eigenvalue weighted by molar-refractivity contribution is 6.07. The lowest BCUT2D eigenvalue weighted by molar-refractivity contribution is -0.181. The van der Waals surface area contributed by atoms with Gasteiger partial charge in [0.2, 0.25) is 5.78 Å². The Morgan fingerprint density at radius 2 is 2.00 bits per heavy atom. The second-order valence-electron chi connectivity index (χ2n) is 3.65. The number of carbonyl (C=O) groups excluding carboxylic acids is 2. The van der Waals surface area contributed by atoms with Gasteiger partial charge in [-0.05, 0) is 25.7 Å². The molecule has 1 atom stereocenters. The lowest BCUT2D eigenvalue weighted by Crippen LogP contribution is -2.46. The molecule has 0 bridgehead atoms. The quantitative estimate of drug-likeness (QED) is 0.513. The van der Waals surface area contributed by atoms with E-state index in [1.807, 2.05) is 0 Å². The van der Waals surface area contributed by atoms with E-state index in [1.54, 1.807) is 0 Å². The molecule has 1 rings (SSSR count). The lowest BCUT2D eigenvalue weighted by atomic mass is 10.1. The Morgan fingerprint density at radius 1 is 1.44 bits per heavy atom. The van der Waals surface area contributed by atoms with Crippen LogP contribution in [0.3, 0.4) is 0 Å². The fourth-order valence-electron chi connectivity index (χ4n) is 1.41. The summed E-state index contributed by atoms with van der Waals surface area (Å²) in [5.74, 6) is -7.62. The topological polar surface area (TPSA) is 52.6 Å². The first-order chi connectivity index (χ1) is 7.45. The van der Waals surface area contributed by atoms with E-state index in [-0.39, 0.29) is 12.5 Å². The molecule has 1 unspecified atom stereocenters. The predicted molar refractivity (Wildman–Crippen MR) is 50.1 cm³/mol. The highest BCUT2D eigenvalue weighted by atomic mass is 19.3. The molecule has 1 aliphatic rings. The van der Waals surface area contributed by atoms with Crippen LogP contribution in [0.5, 0.6) is 0 Å². The zero-order valence-electron chi connectivity index (χ0n) is 9.16. The van der Waals surface area contributed by atoms with Crippen LogP contribution in [0.4, 0.5) is 8.78 Å². The number of methoxy groups -OCH3 is 1. The maximum Gasteiger partial charge on any atom is 0.402 e. The van der Waals surface area contributed by atoms with Gasteiger partial charge in [-0.3, -0.25) is 4.79 Å². The predicted octanol–water partition coefficient (Wildman–Crippen LogP) is 1.18. The first-order valence-electron chi connectivity index (χ1n) is 5.07. The van der Waals surface area contributed by atoms with Gasteiger partial charge in [0.25, 0.3) is 0 Å². The molecule has 0 aliphatic heterocycles. The van der Waals surface area contributed by atoms with Crippen LogP contribution in [0.25, 0.3) is 0 Å². The van der Waals surface area contributed by atoms with E-state index in [2.05, 4.69) is 4.74 Å². The van der Waals surface area contributed by atoms with Crippen molar-refractivity contribution in [2.45, 2.75) is 31.8 Å². The molecule has 6 heteroatoms. The third kappa shape index (κ3) is 2.55. The number of hydrogen-bond donors (Lipinski definition) is 0. The van der Waals surface area contributed by atoms with Crippen molar-refractivity contribution >= 4 is 11.8 Å². The number of carbonyl (C=O) groups is 2. The summed E-state index contributed by atoms with van der Waals surface area (Å²) in [5, 5.41) is 0. The van der Waals surface area contributed by atoms with Gasteiger partial charge >= 0.3 is 11.9 Å². The van der Waals surface area contributed by atoms with Crippen molar-refractivity contribution in [3.8, 4) is 0 Å². The molecule has 0 heterocycles. The molecular formula is C10H14F2O4. The third-order valence-electron chi connectivity index (χ3n) is 2.40. The van der Waals surface area contributed by atoms with Gasteiger partial charge in [-0.2, -0.15) is 8.78 Å². The van der Waals surface area contributed by atoms with Gasteiger partial charge in [0.1, 0.15) is 6.10 Å². The smallest absolute Gasteiger partial charge is 0.402 e. The first-order valence-corrected chi connectivity index (χ1v) is 5.07. The standard InChI is InChI=1S/C10H14F2O4/c1-3-16-9(14)10(11,12)8(13)7(15-2)6-4-5-6/h6-7H,3-5H2,1-2H3. The summed E-state index contributed by atoms with van der Waals surface area (Å²) in [4.78, 5) is 22.3. The molecule has 0 amide bonds. The van der Waals surface area contributed by atoms with E-state index in [1.165, 1.54) is 14.0 Å². The summed E-state index contributed by atoms with van der Waals surface area (Å²) in [5.41, 5.74) is 0. The second-order valence-corrected chi connectivity index (χ2v) is 3.65. The molecular weight excluding hydrogens is 222 g/mol. The van der Waals surface area contributed by atoms with Gasteiger partial charge in [0.05, 0.1) is 6.61 Å². The highest BCUT2D eigenvalue weighted by Crippen LogP contribution is 2.37. The van der Waals surface area contributed by atoms with Gasteiger partial charge in [-0.15, -0.1) is 0 Å². The van der Waals surface area contributed by atoms with Crippen LogP contribution in [0.1, 0.15) is 19.8 Å². The summed E-state index contributed by atoms with van der Waals surface area (Å²) < 4.78 is 35.5. The van der Waals surface area contributed by atoms with Crippen LogP contribution in [-0.4, -0.2) is 37.5 Å². The maximum atomic E-state index is 13.3. The second kappa shape index (κ2) is 4.86. The van der Waals surface area contributed by atoms with Gasteiger partial charge in [0.15, 0.2) is 0 Å². The Hall–Kier alpha value is -1.04. The van der Waals surface area contributed by atoms with Crippen molar-refractivity contribution in [2.75, 3.05) is 13.7 Å². The molecule has 1 fully saturated rings. The number of ketones is 1. The summed E-state index contributed by atoms with van der Waals surface area (Å²) in [6, 6.07) is 0. The van der Waals surface area contributed by atoms with Gasteiger partial charge in [-0.25, -0.2) is 4.79 Å². The molecule has 0 aromatic heterocycles. The molecule has 4 nitrogen and oxygen atoms in total. The average Bonchev–Trinajstić information content (AvgIpc) is 3.03. The van der Waals surface area contributed by atoms with Gasteiger partial charge in [-0.1, -0.05) is 0 Å². The van der Waals surface area contributed by atoms with E-state index >= 15 is 0 Å².